The number of nitrogens with one attached hydrogen (secondary N) is 11. The predicted octanol–water partition coefficient (Wildman–Crippen LogP) is -8.70. The van der Waals surface area contributed by atoms with Crippen LogP contribution in [0.4, 0.5) is 0 Å². The summed E-state index contributed by atoms with van der Waals surface area (Å²) in [5.74, 6) is -9.20. The molecule has 38 heteroatoms. The van der Waals surface area contributed by atoms with Gasteiger partial charge < -0.3 is 147 Å². The molecule has 0 bridgehead atoms. The summed E-state index contributed by atoms with van der Waals surface area (Å²) in [4.78, 5) is 88.5. The number of guanidine groups is 2. The average Bonchev–Trinajstić information content (AvgIpc) is 1.70. The molecule has 7 aliphatic heterocycles. The van der Waals surface area contributed by atoms with Crippen molar-refractivity contribution in [3.8, 4) is 16.9 Å². The van der Waals surface area contributed by atoms with Crippen LogP contribution in [0.5, 0.6) is 5.75 Å². The van der Waals surface area contributed by atoms with Gasteiger partial charge in [0.25, 0.3) is 0 Å². The molecule has 560 valence electrons. The van der Waals surface area contributed by atoms with E-state index < -0.39 is 246 Å². The number of hydrogen-bond donors (Lipinski definition) is 23. The molecular formula is C65H84N12O25S. The van der Waals surface area contributed by atoms with Gasteiger partial charge in [0.1, 0.15) is 121 Å². The van der Waals surface area contributed by atoms with Gasteiger partial charge in [-0.2, -0.15) is 11.3 Å². The van der Waals surface area contributed by atoms with Crippen LogP contribution in [0.25, 0.3) is 11.1 Å². The van der Waals surface area contributed by atoms with Gasteiger partial charge in [-0.15, -0.1) is 0 Å². The van der Waals surface area contributed by atoms with E-state index in [0.29, 0.717) is 11.1 Å². The Morgan fingerprint density at radius 1 is 0.563 bits per heavy atom. The van der Waals surface area contributed by atoms with E-state index in [0.717, 1.165) is 16.0 Å². The highest BCUT2D eigenvalue weighted by atomic mass is 32.1. The van der Waals surface area contributed by atoms with Crippen molar-refractivity contribution in [1.29, 1.82) is 10.8 Å². The number of carbonyl (C=O) groups excluding carboxylic acids is 6. The van der Waals surface area contributed by atoms with E-state index >= 15 is 9.59 Å². The lowest BCUT2D eigenvalue weighted by Gasteiger charge is -2.46. The number of aliphatic hydroxyl groups excluding tert-OH is 12. The number of fused-ring (bicyclic) bond motifs is 1. The van der Waals surface area contributed by atoms with Crippen LogP contribution in [0.1, 0.15) is 35.8 Å². The van der Waals surface area contributed by atoms with Crippen molar-refractivity contribution < 1.29 is 123 Å². The zero-order chi connectivity index (χ0) is 73.7. The van der Waals surface area contributed by atoms with Gasteiger partial charge in [-0.3, -0.25) is 39.6 Å². The van der Waals surface area contributed by atoms with Crippen LogP contribution in [0.2, 0.25) is 0 Å². The van der Waals surface area contributed by atoms with Crippen molar-refractivity contribution in [2.24, 2.45) is 0 Å². The van der Waals surface area contributed by atoms with Gasteiger partial charge in [0.05, 0.1) is 45.1 Å². The van der Waals surface area contributed by atoms with Gasteiger partial charge >= 0.3 is 0 Å². The quantitative estimate of drug-likeness (QED) is 0.0414. The lowest BCUT2D eigenvalue weighted by atomic mass is 9.92. The average molecular weight is 1470 g/mol. The third kappa shape index (κ3) is 16.7. The lowest BCUT2D eigenvalue weighted by molar-refractivity contribution is -0.343. The SMILES string of the molecule is CC(c1ccccc1)C1NC(=O)CNC(=O)C(CO)NC(=O)C(C(O)C2CNC(=N)N2C2OC(CO)C(O)C(O)C2O)NC(=O)C(C(O)C2CNC(=N)N2)NC(=O)C(Cc2ccc(OC3OC(CO)C(OC4OC(CO)C(O)C5OC(c6ccc(-c7ccsc7)cc6)OC45)C(O)C3O)cc2)NC1=O. The maximum Gasteiger partial charge on any atom is 0.246 e. The summed E-state index contributed by atoms with van der Waals surface area (Å²) in [5.41, 5.74) is 3.25. The molecule has 4 aromatic rings. The second-order valence-electron chi connectivity index (χ2n) is 25.8. The molecule has 26 atom stereocenters. The zero-order valence-corrected chi connectivity index (χ0v) is 55.8. The first kappa shape index (κ1) is 75.9. The van der Waals surface area contributed by atoms with Crippen molar-refractivity contribution in [2.75, 3.05) is 46.1 Å². The number of aliphatic hydroxyl groups is 12. The van der Waals surface area contributed by atoms with Gasteiger partial charge in [-0.25, -0.2) is 0 Å². The number of nitrogens with zero attached hydrogens (tertiary/aromatic N) is 1. The van der Waals surface area contributed by atoms with Crippen molar-refractivity contribution in [1.82, 2.24) is 52.8 Å². The number of rotatable bonds is 19. The molecule has 11 rings (SSSR count). The topological polar surface area (TPSA) is 569 Å². The first-order valence-corrected chi connectivity index (χ1v) is 34.1. The molecule has 0 aliphatic carbocycles. The van der Waals surface area contributed by atoms with E-state index in [1.165, 1.54) is 35.6 Å². The predicted molar refractivity (Wildman–Crippen MR) is 352 cm³/mol. The number of carbonyl (C=O) groups is 6. The minimum atomic E-state index is -2.36. The second-order valence-corrected chi connectivity index (χ2v) is 26.6. The number of amides is 6. The van der Waals surface area contributed by atoms with Crippen LogP contribution in [0, 0.1) is 10.8 Å². The molecule has 103 heavy (non-hydrogen) atoms. The van der Waals surface area contributed by atoms with Crippen LogP contribution in [-0.2, 0) is 63.6 Å². The Hall–Kier alpha value is -8.20. The first-order valence-electron chi connectivity index (χ1n) is 33.1. The highest BCUT2D eigenvalue weighted by Gasteiger charge is 2.57. The monoisotopic (exact) mass is 1460 g/mol. The summed E-state index contributed by atoms with van der Waals surface area (Å²) in [6, 6.07) is 10.2. The molecule has 3 aromatic carbocycles. The molecule has 7 saturated heterocycles. The van der Waals surface area contributed by atoms with Crippen LogP contribution in [0.3, 0.4) is 0 Å². The highest BCUT2D eigenvalue weighted by Crippen LogP contribution is 2.42. The molecule has 23 N–H and O–H groups in total. The minimum absolute atomic E-state index is 0.0411. The summed E-state index contributed by atoms with van der Waals surface area (Å²) in [5, 5.41) is 176. The molecule has 8 heterocycles. The van der Waals surface area contributed by atoms with E-state index in [1.807, 2.05) is 29.0 Å². The Morgan fingerprint density at radius 3 is 1.86 bits per heavy atom. The first-order chi connectivity index (χ1) is 49.4. The number of hydrogen-bond acceptors (Lipinski definition) is 28. The highest BCUT2D eigenvalue weighted by molar-refractivity contribution is 7.08. The normalized spacial score (nSPS) is 35.8. The van der Waals surface area contributed by atoms with Crippen molar-refractivity contribution >= 4 is 58.7 Å². The van der Waals surface area contributed by atoms with E-state index in [1.54, 1.807) is 49.4 Å². The second kappa shape index (κ2) is 33.3. The molecule has 1 aromatic heterocycles. The Bertz CT molecular complexity index is 3620. The largest absolute Gasteiger partial charge is 0.462 e. The van der Waals surface area contributed by atoms with Crippen molar-refractivity contribution in [3.63, 3.8) is 0 Å². The van der Waals surface area contributed by atoms with E-state index in [9.17, 15) is 80.5 Å². The summed E-state index contributed by atoms with van der Waals surface area (Å²) in [6.45, 7) is -3.66. The van der Waals surface area contributed by atoms with Crippen LogP contribution in [0.15, 0.2) is 95.7 Å². The zero-order valence-electron chi connectivity index (χ0n) is 54.9. The van der Waals surface area contributed by atoms with E-state index in [2.05, 4.69) is 47.9 Å². The number of ether oxygens (including phenoxy) is 7. The Morgan fingerprint density at radius 2 is 1.20 bits per heavy atom. The van der Waals surface area contributed by atoms with Gasteiger partial charge in [-0.1, -0.05) is 73.7 Å². The molecule has 0 radical (unpaired) electrons. The van der Waals surface area contributed by atoms with Crippen LogP contribution >= 0.6 is 11.3 Å². The third-order valence-electron chi connectivity index (χ3n) is 19.1. The van der Waals surface area contributed by atoms with Gasteiger partial charge in [0.2, 0.25) is 41.7 Å². The maximum absolute atomic E-state index is 15.2. The summed E-state index contributed by atoms with van der Waals surface area (Å²) in [6.07, 6.45) is -30.2. The third-order valence-corrected chi connectivity index (χ3v) is 19.8. The van der Waals surface area contributed by atoms with Gasteiger partial charge in [0.15, 0.2) is 30.7 Å². The van der Waals surface area contributed by atoms with Crippen LogP contribution in [-0.4, -0.2) is 306 Å². The molecule has 7 aliphatic rings. The maximum atomic E-state index is 15.2. The smallest absolute Gasteiger partial charge is 0.246 e. The molecule has 26 unspecified atom stereocenters. The van der Waals surface area contributed by atoms with Gasteiger partial charge in [0, 0.05) is 31.0 Å². The summed E-state index contributed by atoms with van der Waals surface area (Å²) >= 11 is 1.54. The molecule has 6 amide bonds. The Kier molecular flexibility index (Phi) is 24.5. The summed E-state index contributed by atoms with van der Waals surface area (Å²) in [7, 11) is 0. The minimum Gasteiger partial charge on any atom is -0.462 e. The van der Waals surface area contributed by atoms with Gasteiger partial charge in [-0.05, 0) is 51.2 Å². The van der Waals surface area contributed by atoms with E-state index in [4.69, 9.17) is 44.0 Å². The van der Waals surface area contributed by atoms with Crippen molar-refractivity contribution in [3.05, 3.63) is 112 Å². The number of thiophene rings is 1. The number of benzene rings is 3. The molecule has 0 saturated carbocycles. The molecule has 7 fully saturated rings. The summed E-state index contributed by atoms with van der Waals surface area (Å²) < 4.78 is 42.3. The molecule has 37 nitrogen and oxygen atoms in total. The lowest BCUT2D eigenvalue weighted by Crippen LogP contribution is -2.69. The Labute approximate surface area is 590 Å². The fourth-order valence-electron chi connectivity index (χ4n) is 13.3. The standard InChI is InChI=1S/C65H84N12O25S/c1-26(28-5-3-2-4-6-28)41-57(93)71-33(17-27-7-13-32(14-8-27)96-62-51(90)49(88)52(39(24-81)99-62)100-63-54-53(47(86)38(23-80)98-63)101-61(102-54)30-11-9-29(10-12-30)31-15-16-103-25-31)56(92)75-42(44(83)34-18-69-64(66)73-34)59(95)76-43(58(94)72-35(21-78)55(91)68-20-40(82)74-41)45(84)36-19-70-65(67)77(36)60-50(89)48(87)46(85)37(22-79)97-60/h2-16,25-26,33-39,41-54,60-63,78-81,83-90H,17-24H2,1H3,(H2,67,70)(H,68,91)(H,71,93)(H,72,94)(H,74,82)(H,75,92)(H,76,95)(H3,66,69,73). The van der Waals surface area contributed by atoms with E-state index in [-0.39, 0.29) is 23.8 Å². The fraction of sp³-hybridized carbons (Fsp3) is 0.538. The fourth-order valence-corrected chi connectivity index (χ4v) is 13.9. The molecular weight excluding hydrogens is 1380 g/mol. The Balaban J connectivity index is 0.852. The van der Waals surface area contributed by atoms with Crippen molar-refractivity contribution in [2.45, 2.75) is 172 Å². The van der Waals surface area contributed by atoms with Crippen LogP contribution < -0.4 is 52.6 Å². The molecule has 0 spiro atoms.